The van der Waals surface area contributed by atoms with E-state index in [4.69, 9.17) is 9.47 Å². The van der Waals surface area contributed by atoms with Gasteiger partial charge in [-0.1, -0.05) is 25.0 Å². The highest BCUT2D eigenvalue weighted by molar-refractivity contribution is 5.96. The Bertz CT molecular complexity index is 927. The summed E-state index contributed by atoms with van der Waals surface area (Å²) < 4.78 is 10.6. The van der Waals surface area contributed by atoms with Gasteiger partial charge in [-0.2, -0.15) is 0 Å². The van der Waals surface area contributed by atoms with Crippen LogP contribution < -0.4 is 10.6 Å². The van der Waals surface area contributed by atoms with Crippen LogP contribution in [0.3, 0.4) is 0 Å². The van der Waals surface area contributed by atoms with Crippen molar-refractivity contribution >= 4 is 29.8 Å². The van der Waals surface area contributed by atoms with E-state index in [-0.39, 0.29) is 25.3 Å². The molecule has 200 valence electrons. The summed E-state index contributed by atoms with van der Waals surface area (Å²) in [6, 6.07) is -2.00. The first-order chi connectivity index (χ1) is 16.8. The lowest BCUT2D eigenvalue weighted by molar-refractivity contribution is -0.147. The van der Waals surface area contributed by atoms with Crippen molar-refractivity contribution in [2.75, 3.05) is 6.54 Å². The minimum atomic E-state index is -1.42. The Kier molecular flexibility index (Phi) is 8.30. The van der Waals surface area contributed by atoms with Crippen LogP contribution in [0.1, 0.15) is 72.6 Å². The van der Waals surface area contributed by atoms with E-state index >= 15 is 0 Å². The normalized spacial score (nSPS) is 32.1. The second-order valence-corrected chi connectivity index (χ2v) is 10.8. The molecule has 0 aromatic carbocycles. The molecule has 1 aliphatic carbocycles. The van der Waals surface area contributed by atoms with Gasteiger partial charge in [-0.05, 0) is 46.5 Å². The topological polar surface area (TPSA) is 151 Å². The van der Waals surface area contributed by atoms with Crippen LogP contribution >= 0.6 is 0 Å². The molecule has 0 bridgehead atoms. The summed E-state index contributed by atoms with van der Waals surface area (Å²) >= 11 is 0. The Morgan fingerprint density at radius 3 is 2.56 bits per heavy atom. The molecule has 3 rings (SSSR count). The number of amides is 3. The van der Waals surface area contributed by atoms with Crippen molar-refractivity contribution in [2.24, 2.45) is 5.92 Å². The minimum absolute atomic E-state index is 0.0342. The summed E-state index contributed by atoms with van der Waals surface area (Å²) in [6.07, 6.45) is 5.97. The number of carbonyl (C=O) groups excluding carboxylic acids is 4. The summed E-state index contributed by atoms with van der Waals surface area (Å²) in [7, 11) is 0. The highest BCUT2D eigenvalue weighted by atomic mass is 16.6. The molecule has 3 amide bonds. The smallest absolute Gasteiger partial charge is 0.408 e. The number of fused-ring (bicyclic) bond motifs is 2. The van der Waals surface area contributed by atoms with E-state index in [1.165, 1.54) is 11.8 Å². The van der Waals surface area contributed by atoms with Gasteiger partial charge in [0, 0.05) is 19.3 Å². The number of esters is 1. The van der Waals surface area contributed by atoms with Crippen LogP contribution in [-0.4, -0.2) is 75.7 Å². The van der Waals surface area contributed by atoms with Crippen molar-refractivity contribution in [1.29, 1.82) is 0 Å². The Balaban J connectivity index is 1.88. The molecule has 2 aliphatic heterocycles. The fraction of sp³-hybridized carbons (Fsp3) is 0.720. The van der Waals surface area contributed by atoms with E-state index in [0.717, 1.165) is 19.3 Å². The first-order valence-electron chi connectivity index (χ1n) is 12.5. The van der Waals surface area contributed by atoms with Gasteiger partial charge < -0.3 is 30.1 Å². The van der Waals surface area contributed by atoms with E-state index in [1.54, 1.807) is 20.8 Å². The fourth-order valence-corrected chi connectivity index (χ4v) is 4.83. The van der Waals surface area contributed by atoms with Gasteiger partial charge in [-0.15, -0.1) is 0 Å². The lowest BCUT2D eigenvalue weighted by atomic mass is 10.0. The van der Waals surface area contributed by atoms with Gasteiger partial charge in [-0.3, -0.25) is 14.4 Å². The molecule has 0 radical (unpaired) electrons. The highest BCUT2D eigenvalue weighted by Crippen LogP contribution is 2.45. The molecule has 1 saturated carbocycles. The van der Waals surface area contributed by atoms with Gasteiger partial charge in [0.2, 0.25) is 11.8 Å². The van der Waals surface area contributed by atoms with Crippen LogP contribution in [0.5, 0.6) is 0 Å². The van der Waals surface area contributed by atoms with Crippen molar-refractivity contribution in [3.63, 3.8) is 0 Å². The SMILES string of the molecule is CC(=O)O[C@@H]1C[C@H]2C(=O)N[C@]3(C(=O)O)C[C@@H]3/C=C\CCCCCC(NC(=O)OC(C)(C)C)C(=O)N2C1. The summed E-state index contributed by atoms with van der Waals surface area (Å²) in [6.45, 7) is 6.35. The van der Waals surface area contributed by atoms with Gasteiger partial charge in [-0.25, -0.2) is 9.59 Å². The molecular formula is C25H37N3O8. The highest BCUT2D eigenvalue weighted by Gasteiger charge is 2.61. The van der Waals surface area contributed by atoms with E-state index in [1.807, 2.05) is 12.2 Å². The molecule has 2 heterocycles. The number of aliphatic carboxylic acids is 1. The van der Waals surface area contributed by atoms with Gasteiger partial charge in [0.1, 0.15) is 29.3 Å². The summed E-state index contributed by atoms with van der Waals surface area (Å²) in [5, 5.41) is 15.1. The zero-order valence-electron chi connectivity index (χ0n) is 21.4. The third-order valence-electron chi connectivity index (χ3n) is 6.64. The van der Waals surface area contributed by atoms with Crippen molar-refractivity contribution in [3.8, 4) is 0 Å². The maximum absolute atomic E-state index is 13.7. The third kappa shape index (κ3) is 6.76. The van der Waals surface area contributed by atoms with Crippen LogP contribution in [0.4, 0.5) is 4.79 Å². The standard InChI is InChI=1S/C25H37N3O8/c1-15(29)35-17-12-19-20(30)27-25(22(32)33)13-16(25)10-8-6-5-7-9-11-18(21(31)28(19)14-17)26-23(34)36-24(2,3)4/h8,10,16-19H,5-7,9,11-14H2,1-4H3,(H,26,34)(H,27,30)(H,32,33)/b10-8-/t16-,17+,18?,19-,25+/m0/s1. The van der Waals surface area contributed by atoms with Crippen molar-refractivity contribution in [3.05, 3.63) is 12.2 Å². The third-order valence-corrected chi connectivity index (χ3v) is 6.64. The molecule has 5 atom stereocenters. The average molecular weight is 508 g/mol. The second kappa shape index (κ2) is 10.9. The van der Waals surface area contributed by atoms with Crippen LogP contribution in [0, 0.1) is 5.92 Å². The molecule has 3 N–H and O–H groups in total. The Morgan fingerprint density at radius 1 is 1.19 bits per heavy atom. The number of nitrogens with zero attached hydrogens (tertiary/aromatic N) is 1. The molecule has 3 aliphatic rings. The van der Waals surface area contributed by atoms with Crippen molar-refractivity contribution in [2.45, 2.75) is 102 Å². The molecule has 36 heavy (non-hydrogen) atoms. The van der Waals surface area contributed by atoms with E-state index in [0.29, 0.717) is 12.8 Å². The maximum Gasteiger partial charge on any atom is 0.408 e. The minimum Gasteiger partial charge on any atom is -0.479 e. The van der Waals surface area contributed by atoms with E-state index in [2.05, 4.69) is 10.6 Å². The van der Waals surface area contributed by atoms with Crippen LogP contribution in [0.15, 0.2) is 12.2 Å². The number of allylic oxidation sites excluding steroid dienone is 1. The van der Waals surface area contributed by atoms with Gasteiger partial charge >= 0.3 is 18.0 Å². The summed E-state index contributed by atoms with van der Waals surface area (Å²) in [5.74, 6) is -3.14. The largest absolute Gasteiger partial charge is 0.479 e. The Hall–Kier alpha value is -3.11. The number of rotatable bonds is 3. The number of hydrogen-bond donors (Lipinski definition) is 3. The Morgan fingerprint density at radius 2 is 1.92 bits per heavy atom. The Labute approximate surface area is 210 Å². The molecule has 0 aromatic rings. The van der Waals surface area contributed by atoms with Crippen LogP contribution in [0.2, 0.25) is 0 Å². The predicted molar refractivity (Wildman–Crippen MR) is 128 cm³/mol. The molecule has 1 saturated heterocycles. The van der Waals surface area contributed by atoms with Gasteiger partial charge in [0.15, 0.2) is 0 Å². The number of ether oxygens (including phenoxy) is 2. The zero-order valence-corrected chi connectivity index (χ0v) is 21.4. The lowest BCUT2D eigenvalue weighted by Gasteiger charge is -2.30. The predicted octanol–water partition coefficient (Wildman–Crippen LogP) is 1.89. The number of carboxylic acid groups (broad SMARTS) is 1. The summed E-state index contributed by atoms with van der Waals surface area (Å²) in [5.41, 5.74) is -2.18. The lowest BCUT2D eigenvalue weighted by Crippen LogP contribution is -2.56. The van der Waals surface area contributed by atoms with E-state index in [9.17, 15) is 29.1 Å². The molecule has 2 fully saturated rings. The molecule has 11 nitrogen and oxygen atoms in total. The zero-order chi connectivity index (χ0) is 26.7. The first-order valence-corrected chi connectivity index (χ1v) is 12.5. The number of alkyl carbamates (subject to hydrolysis) is 1. The van der Waals surface area contributed by atoms with Crippen molar-refractivity contribution in [1.82, 2.24) is 15.5 Å². The fourth-order valence-electron chi connectivity index (χ4n) is 4.83. The number of nitrogens with one attached hydrogen (secondary N) is 2. The number of hydrogen-bond acceptors (Lipinski definition) is 7. The van der Waals surface area contributed by atoms with Crippen LogP contribution in [0.25, 0.3) is 0 Å². The number of carbonyl (C=O) groups is 5. The second-order valence-electron chi connectivity index (χ2n) is 10.8. The first kappa shape index (κ1) is 27.5. The molecular weight excluding hydrogens is 470 g/mol. The number of carboxylic acids is 1. The van der Waals surface area contributed by atoms with Gasteiger partial charge in [0.05, 0.1) is 6.54 Å². The quantitative estimate of drug-likeness (QED) is 0.387. The molecule has 0 aromatic heterocycles. The monoisotopic (exact) mass is 507 g/mol. The molecule has 1 unspecified atom stereocenters. The average Bonchev–Trinajstić information content (AvgIpc) is 3.28. The maximum atomic E-state index is 13.7. The summed E-state index contributed by atoms with van der Waals surface area (Å²) in [4.78, 5) is 64.4. The molecule has 11 heteroatoms. The van der Waals surface area contributed by atoms with Crippen LogP contribution in [-0.2, 0) is 28.7 Å². The molecule has 0 spiro atoms. The van der Waals surface area contributed by atoms with Gasteiger partial charge in [0.25, 0.3) is 0 Å². The van der Waals surface area contributed by atoms with E-state index < -0.39 is 59.2 Å². The van der Waals surface area contributed by atoms with Crippen molar-refractivity contribution < 1.29 is 38.6 Å².